The van der Waals surface area contributed by atoms with E-state index in [1.54, 1.807) is 28.8 Å². The van der Waals surface area contributed by atoms with Crippen LogP contribution in [-0.4, -0.2) is 91.9 Å². The average molecular weight is 534 g/mol. The lowest BCUT2D eigenvalue weighted by molar-refractivity contribution is -0.147. The molecule has 0 aromatic rings. The number of carbonyl (C=O) groups is 3. The molecule has 3 aliphatic heterocycles. The van der Waals surface area contributed by atoms with Crippen LogP contribution < -0.4 is 0 Å². The van der Waals surface area contributed by atoms with Gasteiger partial charge in [-0.3, -0.25) is 14.4 Å². The molecular weight excluding hydrogens is 486 g/mol. The van der Waals surface area contributed by atoms with E-state index in [1.807, 2.05) is 16.7 Å². The van der Waals surface area contributed by atoms with Gasteiger partial charge in [-0.25, -0.2) is 0 Å². The fourth-order valence-corrected chi connectivity index (χ4v) is 9.50. The van der Waals surface area contributed by atoms with Crippen molar-refractivity contribution in [2.75, 3.05) is 32.8 Å². The smallest absolute Gasteiger partial charge is 0.247 e. The molecule has 37 heavy (non-hydrogen) atoms. The van der Waals surface area contributed by atoms with E-state index in [0.717, 1.165) is 25.7 Å². The molecule has 208 valence electrons. The zero-order valence-corrected chi connectivity index (χ0v) is 24.5. The summed E-state index contributed by atoms with van der Waals surface area (Å²) in [4.78, 5) is 47.6. The first-order valence-electron chi connectivity index (χ1n) is 13.7. The van der Waals surface area contributed by atoms with E-state index in [2.05, 4.69) is 47.8 Å². The van der Waals surface area contributed by atoms with Crippen LogP contribution in [0.15, 0.2) is 25.3 Å². The van der Waals surface area contributed by atoms with Crippen LogP contribution >= 0.6 is 11.8 Å². The highest BCUT2D eigenvalue weighted by Gasteiger charge is 2.74. The Kier molecular flexibility index (Phi) is 8.95. The van der Waals surface area contributed by atoms with Gasteiger partial charge in [0.1, 0.15) is 6.04 Å². The van der Waals surface area contributed by atoms with E-state index < -0.39 is 28.2 Å². The topological polar surface area (TPSA) is 81.2 Å². The Morgan fingerprint density at radius 3 is 2.35 bits per heavy atom. The van der Waals surface area contributed by atoms with Crippen LogP contribution in [-0.2, 0) is 14.4 Å². The SMILES string of the molecule is C=CCN(CCC)C(=O)[C@@H]1[C@H]2C(=O)N(CCO)C(C(=O)N(CC=C)C(C)(C)CC(C)(C)C)C23CC[C@H]1S3. The zero-order valence-electron chi connectivity index (χ0n) is 23.7. The summed E-state index contributed by atoms with van der Waals surface area (Å²) in [5.74, 6) is -1.27. The zero-order chi connectivity index (χ0) is 27.8. The first-order valence-corrected chi connectivity index (χ1v) is 14.6. The summed E-state index contributed by atoms with van der Waals surface area (Å²) in [6.07, 6.45) is 6.61. The summed E-state index contributed by atoms with van der Waals surface area (Å²) in [5.41, 5.74) is -0.475. The standard InChI is InChI=1S/C29H47N3O4S/c1-9-14-30(15-10-2)24(34)21-20-12-13-29(37-20)22(21)25(35)31(17-18-33)23(29)26(36)32(16-11-3)28(7,8)19-27(4,5)6/h9,11,20-23,33H,1,3,10,12-19H2,2,4-8H3/t20-,21+,22+,23?,29?/m1/s1. The fraction of sp³-hybridized carbons (Fsp3) is 0.759. The molecule has 2 bridgehead atoms. The third-order valence-corrected chi connectivity index (χ3v) is 10.0. The van der Waals surface area contributed by atoms with Gasteiger partial charge in [0.2, 0.25) is 17.7 Å². The van der Waals surface area contributed by atoms with E-state index in [-0.39, 0.29) is 41.5 Å². The minimum absolute atomic E-state index is 0.00719. The van der Waals surface area contributed by atoms with Gasteiger partial charge in [-0.2, -0.15) is 0 Å². The lowest BCUT2D eigenvalue weighted by Gasteiger charge is -2.46. The Morgan fingerprint density at radius 2 is 1.81 bits per heavy atom. The molecule has 0 saturated carbocycles. The fourth-order valence-electron chi connectivity index (χ4n) is 7.30. The second kappa shape index (κ2) is 11.1. The Labute approximate surface area is 227 Å². The van der Waals surface area contributed by atoms with Crippen molar-refractivity contribution >= 4 is 29.5 Å². The molecule has 3 fully saturated rings. The monoisotopic (exact) mass is 533 g/mol. The van der Waals surface area contributed by atoms with Crippen molar-refractivity contribution < 1.29 is 19.5 Å². The summed E-state index contributed by atoms with van der Waals surface area (Å²) in [6, 6.07) is -0.705. The van der Waals surface area contributed by atoms with Crippen LogP contribution in [0, 0.1) is 17.3 Å². The van der Waals surface area contributed by atoms with Crippen molar-refractivity contribution in [2.24, 2.45) is 17.3 Å². The molecule has 0 aliphatic carbocycles. The second-order valence-electron chi connectivity index (χ2n) is 12.7. The minimum Gasteiger partial charge on any atom is -0.395 e. The normalized spacial score (nSPS) is 28.8. The number of hydrogen-bond acceptors (Lipinski definition) is 5. The molecule has 1 N–H and O–H groups in total. The molecule has 3 heterocycles. The van der Waals surface area contributed by atoms with E-state index in [0.29, 0.717) is 19.6 Å². The molecule has 3 amide bonds. The predicted molar refractivity (Wildman–Crippen MR) is 150 cm³/mol. The van der Waals surface area contributed by atoms with Gasteiger partial charge in [0.15, 0.2) is 0 Å². The highest BCUT2D eigenvalue weighted by Crippen LogP contribution is 2.66. The van der Waals surface area contributed by atoms with Crippen molar-refractivity contribution in [1.29, 1.82) is 0 Å². The van der Waals surface area contributed by atoms with Crippen molar-refractivity contribution in [3.05, 3.63) is 25.3 Å². The number of β-amino-alcohol motifs (C(OH)–C–C–N with tert-alkyl or cyclic N) is 1. The molecule has 2 unspecified atom stereocenters. The Bertz CT molecular complexity index is 913. The number of likely N-dealkylation sites (tertiary alicyclic amines) is 1. The maximum Gasteiger partial charge on any atom is 0.247 e. The van der Waals surface area contributed by atoms with Crippen molar-refractivity contribution in [3.63, 3.8) is 0 Å². The largest absolute Gasteiger partial charge is 0.395 e. The highest BCUT2D eigenvalue weighted by molar-refractivity contribution is 8.02. The molecule has 7 nitrogen and oxygen atoms in total. The highest BCUT2D eigenvalue weighted by atomic mass is 32.2. The van der Waals surface area contributed by atoms with Crippen LogP contribution in [0.3, 0.4) is 0 Å². The van der Waals surface area contributed by atoms with E-state index >= 15 is 0 Å². The van der Waals surface area contributed by atoms with E-state index in [4.69, 9.17) is 0 Å². The van der Waals surface area contributed by atoms with Gasteiger partial charge in [-0.15, -0.1) is 24.9 Å². The van der Waals surface area contributed by atoms with Crippen LogP contribution in [0.1, 0.15) is 67.2 Å². The maximum absolute atomic E-state index is 14.5. The molecule has 0 aromatic heterocycles. The quantitative estimate of drug-likeness (QED) is 0.387. The Balaban J connectivity index is 2.05. The lowest BCUT2D eigenvalue weighted by atomic mass is 9.70. The summed E-state index contributed by atoms with van der Waals surface area (Å²) in [5, 5.41) is 9.93. The number of hydrogen-bond donors (Lipinski definition) is 1. The predicted octanol–water partition coefficient (Wildman–Crippen LogP) is 3.72. The third-order valence-electron chi connectivity index (χ3n) is 8.09. The maximum atomic E-state index is 14.5. The molecule has 0 aromatic carbocycles. The van der Waals surface area contributed by atoms with Gasteiger partial charge in [0.05, 0.1) is 23.2 Å². The van der Waals surface area contributed by atoms with Gasteiger partial charge < -0.3 is 19.8 Å². The van der Waals surface area contributed by atoms with Gasteiger partial charge in [-0.1, -0.05) is 39.8 Å². The summed E-state index contributed by atoms with van der Waals surface area (Å²) >= 11 is 1.68. The minimum atomic E-state index is -0.705. The number of aliphatic hydroxyl groups is 1. The first-order chi connectivity index (χ1) is 17.3. The number of amides is 3. The van der Waals surface area contributed by atoms with Gasteiger partial charge in [0, 0.05) is 37.0 Å². The summed E-state index contributed by atoms with van der Waals surface area (Å²) < 4.78 is -0.655. The molecule has 3 aliphatic rings. The van der Waals surface area contributed by atoms with Crippen molar-refractivity contribution in [3.8, 4) is 0 Å². The molecule has 3 saturated heterocycles. The molecule has 8 heteroatoms. The van der Waals surface area contributed by atoms with Crippen molar-refractivity contribution in [1.82, 2.24) is 14.7 Å². The van der Waals surface area contributed by atoms with Gasteiger partial charge in [-0.05, 0) is 44.9 Å². The Morgan fingerprint density at radius 1 is 1.16 bits per heavy atom. The number of thioether (sulfide) groups is 1. The van der Waals surface area contributed by atoms with E-state index in [9.17, 15) is 19.5 Å². The van der Waals surface area contributed by atoms with Gasteiger partial charge in [0.25, 0.3) is 0 Å². The number of nitrogens with zero attached hydrogens (tertiary/aromatic N) is 3. The molecule has 3 rings (SSSR count). The molecule has 0 radical (unpaired) electrons. The lowest BCUT2D eigenvalue weighted by Crippen LogP contribution is -2.60. The second-order valence-corrected chi connectivity index (χ2v) is 14.3. The van der Waals surface area contributed by atoms with Crippen LogP contribution in [0.4, 0.5) is 0 Å². The Hall–Kier alpha value is -1.80. The summed E-state index contributed by atoms with van der Waals surface area (Å²) in [7, 11) is 0. The molecular formula is C29H47N3O4S. The van der Waals surface area contributed by atoms with Crippen molar-refractivity contribution in [2.45, 2.75) is 88.8 Å². The van der Waals surface area contributed by atoms with E-state index in [1.165, 1.54) is 0 Å². The molecule has 5 atom stereocenters. The van der Waals surface area contributed by atoms with Crippen LogP contribution in [0.25, 0.3) is 0 Å². The molecule has 1 spiro atoms. The third kappa shape index (κ3) is 5.38. The summed E-state index contributed by atoms with van der Waals surface area (Å²) in [6.45, 7) is 21.7. The number of carbonyl (C=O) groups excluding carboxylic acids is 3. The first kappa shape index (κ1) is 29.8. The number of rotatable bonds is 12. The number of fused-ring (bicyclic) bond motifs is 1. The average Bonchev–Trinajstić information content (AvgIpc) is 3.43. The van der Waals surface area contributed by atoms with Crippen LogP contribution in [0.5, 0.6) is 0 Å². The number of aliphatic hydroxyl groups excluding tert-OH is 1. The van der Waals surface area contributed by atoms with Gasteiger partial charge >= 0.3 is 0 Å². The van der Waals surface area contributed by atoms with Crippen LogP contribution in [0.2, 0.25) is 0 Å².